The van der Waals surface area contributed by atoms with Crippen LogP contribution in [-0.2, 0) is 19.1 Å². The molecule has 8 bridgehead atoms. The smallest absolute Gasteiger partial charge is 0.307 e. The minimum atomic E-state index is -1.58. The van der Waals surface area contributed by atoms with E-state index in [0.717, 1.165) is 22.3 Å². The van der Waals surface area contributed by atoms with E-state index in [4.69, 9.17) is 24.5 Å². The number of carbonyl (C=O) groups is 2. The van der Waals surface area contributed by atoms with Gasteiger partial charge in [0.05, 0.1) is 58.5 Å². The van der Waals surface area contributed by atoms with Crippen LogP contribution in [0, 0.1) is 0 Å². The fourth-order valence-electron chi connectivity index (χ4n) is 6.43. The van der Waals surface area contributed by atoms with Crippen molar-refractivity contribution in [2.75, 3.05) is 7.11 Å². The highest BCUT2D eigenvalue weighted by Crippen LogP contribution is 2.50. The number of aliphatic imine (C=N–C) groups is 3. The molecule has 6 heterocycles. The summed E-state index contributed by atoms with van der Waals surface area (Å²) in [6.45, 7) is 9.03. The Bertz CT molecular complexity index is 1750. The largest absolute Gasteiger partial charge is 0.512 e. The first-order chi connectivity index (χ1) is 20.3. The summed E-state index contributed by atoms with van der Waals surface area (Å²) in [5.41, 5.74) is 5.68. The fourth-order valence-corrected chi connectivity index (χ4v) is 6.43. The zero-order valence-electron chi connectivity index (χ0n) is 25.1. The second-order valence-corrected chi connectivity index (χ2v) is 11.7. The van der Waals surface area contributed by atoms with E-state index in [1.165, 1.54) is 7.11 Å². The average molecular weight is 583 g/mol. The van der Waals surface area contributed by atoms with Crippen LogP contribution in [0.5, 0.6) is 0 Å². The highest BCUT2D eigenvalue weighted by Gasteiger charge is 2.63. The van der Waals surface area contributed by atoms with E-state index in [9.17, 15) is 19.8 Å². The molecule has 2 saturated heterocycles. The molecule has 0 radical (unpaired) electrons. The van der Waals surface area contributed by atoms with Gasteiger partial charge in [0.2, 0.25) is 0 Å². The van der Waals surface area contributed by atoms with Gasteiger partial charge in [-0.1, -0.05) is 0 Å². The molecule has 6 aliphatic rings. The molecule has 6 aliphatic heterocycles. The monoisotopic (exact) mass is 582 g/mol. The molecule has 0 aromatic heterocycles. The third-order valence-electron chi connectivity index (χ3n) is 8.93. The van der Waals surface area contributed by atoms with Crippen LogP contribution in [-0.4, -0.2) is 57.6 Å². The van der Waals surface area contributed by atoms with Gasteiger partial charge in [0, 0.05) is 24.8 Å². The van der Waals surface area contributed by atoms with Gasteiger partial charge in [-0.05, 0) is 93.7 Å². The van der Waals surface area contributed by atoms with Crippen molar-refractivity contribution in [1.29, 1.82) is 0 Å². The quantitative estimate of drug-likeness (QED) is 0.325. The molecule has 222 valence electrons. The summed E-state index contributed by atoms with van der Waals surface area (Å²) in [5.74, 6) is -0.617. The summed E-state index contributed by atoms with van der Waals surface area (Å²) in [4.78, 5) is 39.3. The number of nitrogens with zero attached hydrogens (tertiary/aromatic N) is 3. The van der Waals surface area contributed by atoms with Gasteiger partial charge in [0.15, 0.2) is 5.60 Å². The van der Waals surface area contributed by atoms with Crippen molar-refractivity contribution in [3.63, 3.8) is 0 Å². The maximum Gasteiger partial charge on any atom is 0.307 e. The standard InChI is InChI=1S/C33H34N4O6/c1-16-11-20-12-23-18(3)31(19(4)38)26(36-23)13-24-17(2)21(7-8-29(39)42-6)25(35-24)15-28-33(10-9-30(40)43-33)32(5,41)27(37-28)14-22(16)34-20/h11-15,37-38,41H,7-10H2,1-6H3/b20-12?,24-13?,27-14?,28-15?,31-19-/t32-,33+/m1/s1. The number of hydrogen-bond donors (Lipinski definition) is 3. The van der Waals surface area contributed by atoms with Crippen LogP contribution in [0.15, 0.2) is 107 Å². The van der Waals surface area contributed by atoms with Crippen LogP contribution in [0.25, 0.3) is 0 Å². The van der Waals surface area contributed by atoms with E-state index >= 15 is 0 Å². The summed E-state index contributed by atoms with van der Waals surface area (Å²) in [7, 11) is 1.35. The average Bonchev–Trinajstić information content (AvgIpc) is 3.70. The first-order valence-corrected chi connectivity index (χ1v) is 14.3. The zero-order chi connectivity index (χ0) is 30.8. The number of aliphatic hydroxyl groups excluding tert-OH is 1. The van der Waals surface area contributed by atoms with Crippen LogP contribution in [0.4, 0.5) is 0 Å². The number of methoxy groups -OCH3 is 1. The van der Waals surface area contributed by atoms with Crippen molar-refractivity contribution < 1.29 is 29.3 Å². The Hall–Kier alpha value is -4.57. The zero-order valence-corrected chi connectivity index (χ0v) is 25.1. The topological polar surface area (TPSA) is 142 Å². The number of fused-ring (bicyclic) bond motifs is 6. The predicted octanol–water partition coefficient (Wildman–Crippen LogP) is 4.65. The first kappa shape index (κ1) is 28.5. The molecule has 3 N–H and O–H groups in total. The van der Waals surface area contributed by atoms with Gasteiger partial charge < -0.3 is 25.0 Å². The van der Waals surface area contributed by atoms with E-state index in [1.54, 1.807) is 26.0 Å². The molecule has 0 aromatic carbocycles. The van der Waals surface area contributed by atoms with Crippen molar-refractivity contribution in [3.05, 3.63) is 92.5 Å². The van der Waals surface area contributed by atoms with Gasteiger partial charge in [-0.2, -0.15) is 0 Å². The lowest BCUT2D eigenvalue weighted by Crippen LogP contribution is -2.49. The van der Waals surface area contributed by atoms with E-state index in [1.807, 2.05) is 39.0 Å². The summed E-state index contributed by atoms with van der Waals surface area (Å²) < 4.78 is 10.8. The van der Waals surface area contributed by atoms with E-state index in [2.05, 4.69) is 5.32 Å². The van der Waals surface area contributed by atoms with E-state index in [0.29, 0.717) is 57.6 Å². The predicted molar refractivity (Wildman–Crippen MR) is 162 cm³/mol. The number of allylic oxidation sites excluding steroid dienone is 11. The van der Waals surface area contributed by atoms with Crippen molar-refractivity contribution in [1.82, 2.24) is 5.32 Å². The van der Waals surface area contributed by atoms with Gasteiger partial charge in [-0.3, -0.25) is 9.59 Å². The Morgan fingerprint density at radius 1 is 1.02 bits per heavy atom. The van der Waals surface area contributed by atoms with Crippen molar-refractivity contribution in [2.45, 2.75) is 71.5 Å². The highest BCUT2D eigenvalue weighted by molar-refractivity contribution is 6.18. The fraction of sp³-hybridized carbons (Fsp3) is 0.364. The van der Waals surface area contributed by atoms with Crippen molar-refractivity contribution in [2.24, 2.45) is 15.0 Å². The number of hydrogen-bond acceptors (Lipinski definition) is 10. The van der Waals surface area contributed by atoms with Gasteiger partial charge >= 0.3 is 11.9 Å². The number of ether oxygens (including phenoxy) is 2. The van der Waals surface area contributed by atoms with Crippen LogP contribution < -0.4 is 5.32 Å². The maximum absolute atomic E-state index is 12.5. The van der Waals surface area contributed by atoms with Crippen LogP contribution in [0.1, 0.15) is 60.3 Å². The Morgan fingerprint density at radius 2 is 1.77 bits per heavy atom. The second-order valence-electron chi connectivity index (χ2n) is 11.7. The lowest BCUT2D eigenvalue weighted by Gasteiger charge is -2.34. The number of aliphatic hydroxyl groups is 2. The van der Waals surface area contributed by atoms with Crippen molar-refractivity contribution in [3.8, 4) is 0 Å². The number of nitrogens with one attached hydrogen (secondary N) is 1. The molecule has 10 heteroatoms. The van der Waals surface area contributed by atoms with Crippen LogP contribution in [0.2, 0.25) is 0 Å². The number of rotatable bonds is 3. The molecular formula is C33H34N4O6. The summed E-state index contributed by atoms with van der Waals surface area (Å²) in [6.07, 6.45) is 10.1. The van der Waals surface area contributed by atoms with Gasteiger partial charge in [-0.25, -0.2) is 15.0 Å². The number of carbonyl (C=O) groups excluding carboxylic acids is 2. The minimum Gasteiger partial charge on any atom is -0.512 e. The van der Waals surface area contributed by atoms with Gasteiger partial charge in [0.1, 0.15) is 5.60 Å². The summed E-state index contributed by atoms with van der Waals surface area (Å²) in [5, 5.41) is 26.0. The lowest BCUT2D eigenvalue weighted by atomic mass is 9.80. The Labute approximate surface area is 249 Å². The van der Waals surface area contributed by atoms with Crippen LogP contribution in [0.3, 0.4) is 0 Å². The Kier molecular flexibility index (Phi) is 6.65. The molecule has 0 amide bonds. The third kappa shape index (κ3) is 4.48. The van der Waals surface area contributed by atoms with Crippen molar-refractivity contribution >= 4 is 29.1 Å². The normalized spacial score (nSPS) is 29.0. The minimum absolute atomic E-state index is 0.136. The number of esters is 2. The molecule has 0 unspecified atom stereocenters. The third-order valence-corrected chi connectivity index (χ3v) is 8.93. The summed E-state index contributed by atoms with van der Waals surface area (Å²) in [6, 6.07) is 0. The molecule has 2 fully saturated rings. The highest BCUT2D eigenvalue weighted by atomic mass is 16.6. The molecule has 2 atom stereocenters. The first-order valence-electron chi connectivity index (χ1n) is 14.3. The molecule has 6 rings (SSSR count). The Morgan fingerprint density at radius 3 is 2.44 bits per heavy atom. The second kappa shape index (κ2) is 10.0. The van der Waals surface area contributed by atoms with Gasteiger partial charge in [0.25, 0.3) is 0 Å². The van der Waals surface area contributed by atoms with E-state index in [-0.39, 0.29) is 31.0 Å². The van der Waals surface area contributed by atoms with E-state index < -0.39 is 17.2 Å². The SMILES string of the molecule is COC(=O)CCC1=C(C)C2=CC3=NC(=C(C)/C3=C(\C)O)C=C3C=C(C)C(=N3)C=C3NC(=CC1=N2)[C@@]1(CCC(=O)O1)[C@]3(C)O. The molecule has 1 spiro atoms. The Balaban J connectivity index is 1.61. The maximum atomic E-state index is 12.5. The summed E-state index contributed by atoms with van der Waals surface area (Å²) >= 11 is 0. The molecule has 10 nitrogen and oxygen atoms in total. The van der Waals surface area contributed by atoms with Gasteiger partial charge in [-0.15, -0.1) is 0 Å². The molecule has 0 saturated carbocycles. The molecule has 0 aromatic rings. The molecule has 0 aliphatic carbocycles. The molecular weight excluding hydrogens is 548 g/mol. The lowest BCUT2D eigenvalue weighted by molar-refractivity contribution is -0.158. The van der Waals surface area contributed by atoms with Crippen LogP contribution >= 0.6 is 0 Å². The molecule has 43 heavy (non-hydrogen) atoms.